The van der Waals surface area contributed by atoms with Gasteiger partial charge in [-0.15, -0.1) is 0 Å². The van der Waals surface area contributed by atoms with Gasteiger partial charge in [-0.3, -0.25) is 4.79 Å². The third-order valence-electron chi connectivity index (χ3n) is 6.05. The van der Waals surface area contributed by atoms with Crippen LogP contribution in [-0.4, -0.2) is 52.2 Å². The minimum Gasteiger partial charge on any atom is -0.490 e. The van der Waals surface area contributed by atoms with Crippen molar-refractivity contribution >= 4 is 17.5 Å². The standard InChI is InChI=1S/C23H26ClN5O4/c1-31-9-10-33-20-7-4-6-17(21(20)24)29-19-13-32-12-16(15(19)11-26-29)27-23(30)22-18-5-2-3-8-28(18)14-25-22/h4,6-7,11,14,16H,2-3,5,8-10,12-13H2,1H3,(H,27,30). The number of aromatic nitrogens is 4. The van der Waals surface area contributed by atoms with E-state index in [4.69, 9.17) is 25.8 Å². The van der Waals surface area contributed by atoms with Gasteiger partial charge in [0.25, 0.3) is 5.91 Å². The molecule has 1 N–H and O–H groups in total. The van der Waals surface area contributed by atoms with Crippen LogP contribution in [0.1, 0.15) is 46.3 Å². The summed E-state index contributed by atoms with van der Waals surface area (Å²) < 4.78 is 20.4. The van der Waals surface area contributed by atoms with Crippen LogP contribution >= 0.6 is 11.6 Å². The number of imidazole rings is 1. The van der Waals surface area contributed by atoms with Crippen molar-refractivity contribution in [2.24, 2.45) is 0 Å². The first kappa shape index (κ1) is 21.9. The van der Waals surface area contributed by atoms with E-state index in [9.17, 15) is 4.79 Å². The number of carbonyl (C=O) groups is 1. The van der Waals surface area contributed by atoms with Crippen LogP contribution in [0.3, 0.4) is 0 Å². The van der Waals surface area contributed by atoms with Crippen LogP contribution in [0.25, 0.3) is 5.69 Å². The number of amides is 1. The molecule has 1 unspecified atom stereocenters. The van der Waals surface area contributed by atoms with Crippen LogP contribution in [0.4, 0.5) is 0 Å². The number of rotatable bonds is 7. The largest absolute Gasteiger partial charge is 0.490 e. The number of aryl methyl sites for hydroxylation is 1. The quantitative estimate of drug-likeness (QED) is 0.532. The number of nitrogens with zero attached hydrogens (tertiary/aromatic N) is 4. The summed E-state index contributed by atoms with van der Waals surface area (Å²) in [5, 5.41) is 8.10. The average molecular weight is 472 g/mol. The molecule has 5 rings (SSSR count). The topological polar surface area (TPSA) is 92.4 Å². The van der Waals surface area contributed by atoms with E-state index in [0.717, 1.165) is 42.8 Å². The van der Waals surface area contributed by atoms with Gasteiger partial charge in [-0.1, -0.05) is 17.7 Å². The van der Waals surface area contributed by atoms with E-state index in [1.165, 1.54) is 0 Å². The molecule has 0 spiro atoms. The molecular weight excluding hydrogens is 446 g/mol. The second kappa shape index (κ2) is 9.54. The lowest BCUT2D eigenvalue weighted by Gasteiger charge is -2.25. The Morgan fingerprint density at radius 1 is 1.30 bits per heavy atom. The highest BCUT2D eigenvalue weighted by atomic mass is 35.5. The Kier molecular flexibility index (Phi) is 6.34. The van der Waals surface area contributed by atoms with Crippen molar-refractivity contribution in [3.8, 4) is 11.4 Å². The summed E-state index contributed by atoms with van der Waals surface area (Å²) in [7, 11) is 1.62. The zero-order valence-electron chi connectivity index (χ0n) is 18.4. The number of methoxy groups -OCH3 is 1. The van der Waals surface area contributed by atoms with Gasteiger partial charge in [0.1, 0.15) is 23.1 Å². The Morgan fingerprint density at radius 2 is 2.21 bits per heavy atom. The predicted molar refractivity (Wildman–Crippen MR) is 121 cm³/mol. The molecule has 3 aromatic rings. The molecule has 0 fully saturated rings. The predicted octanol–water partition coefficient (Wildman–Crippen LogP) is 3.09. The molecule has 0 bridgehead atoms. The smallest absolute Gasteiger partial charge is 0.272 e. The minimum absolute atomic E-state index is 0.188. The van der Waals surface area contributed by atoms with E-state index in [1.807, 2.05) is 18.2 Å². The molecule has 0 saturated heterocycles. The van der Waals surface area contributed by atoms with E-state index < -0.39 is 0 Å². The summed E-state index contributed by atoms with van der Waals surface area (Å²) in [6, 6.07) is 5.22. The Labute approximate surface area is 196 Å². The molecule has 0 saturated carbocycles. The summed E-state index contributed by atoms with van der Waals surface area (Å²) in [5.41, 5.74) is 3.94. The van der Waals surface area contributed by atoms with Crippen molar-refractivity contribution in [2.45, 2.75) is 38.5 Å². The number of benzene rings is 1. The Hall–Kier alpha value is -2.88. The van der Waals surface area contributed by atoms with Gasteiger partial charge in [0.15, 0.2) is 0 Å². The highest BCUT2D eigenvalue weighted by Crippen LogP contribution is 2.34. The van der Waals surface area contributed by atoms with Crippen LogP contribution in [-0.2, 0) is 29.0 Å². The number of ether oxygens (including phenoxy) is 3. The number of halogens is 1. The SMILES string of the molecule is COCCOc1cccc(-n2ncc3c2COCC3NC(=O)c2ncn3c2CCCC3)c1Cl. The van der Waals surface area contributed by atoms with Crippen molar-refractivity contribution in [3.63, 3.8) is 0 Å². The maximum Gasteiger partial charge on any atom is 0.272 e. The lowest BCUT2D eigenvalue weighted by atomic mass is 10.0. The third-order valence-corrected chi connectivity index (χ3v) is 6.43. The summed E-state index contributed by atoms with van der Waals surface area (Å²) in [6.45, 7) is 2.51. The second-order valence-corrected chi connectivity index (χ2v) is 8.50. The van der Waals surface area contributed by atoms with Crippen molar-refractivity contribution in [2.75, 3.05) is 26.9 Å². The van der Waals surface area contributed by atoms with E-state index in [1.54, 1.807) is 24.3 Å². The first-order valence-corrected chi connectivity index (χ1v) is 11.4. The zero-order valence-corrected chi connectivity index (χ0v) is 19.2. The molecule has 174 valence electrons. The van der Waals surface area contributed by atoms with Gasteiger partial charge in [-0.05, 0) is 31.4 Å². The van der Waals surface area contributed by atoms with Crippen LogP contribution in [0.2, 0.25) is 5.02 Å². The lowest BCUT2D eigenvalue weighted by Crippen LogP contribution is -2.35. The molecule has 2 aromatic heterocycles. The number of carbonyl (C=O) groups excluding carboxylic acids is 1. The molecule has 2 aliphatic rings. The molecule has 9 nitrogen and oxygen atoms in total. The fourth-order valence-electron chi connectivity index (χ4n) is 4.37. The molecule has 1 atom stereocenters. The monoisotopic (exact) mass is 471 g/mol. The van der Waals surface area contributed by atoms with Crippen LogP contribution < -0.4 is 10.1 Å². The van der Waals surface area contributed by atoms with Crippen LogP contribution in [0.5, 0.6) is 5.75 Å². The van der Waals surface area contributed by atoms with E-state index in [2.05, 4.69) is 20.0 Å². The summed E-state index contributed by atoms with van der Waals surface area (Å²) in [6.07, 6.45) is 6.58. The fraction of sp³-hybridized carbons (Fsp3) is 0.435. The molecule has 33 heavy (non-hydrogen) atoms. The van der Waals surface area contributed by atoms with Crippen molar-refractivity contribution in [1.82, 2.24) is 24.6 Å². The second-order valence-electron chi connectivity index (χ2n) is 8.12. The van der Waals surface area contributed by atoms with Crippen molar-refractivity contribution in [1.29, 1.82) is 0 Å². The first-order chi connectivity index (χ1) is 16.2. The molecule has 0 radical (unpaired) electrons. The normalized spacial score (nSPS) is 17.3. The van der Waals surface area contributed by atoms with E-state index >= 15 is 0 Å². The van der Waals surface area contributed by atoms with Gasteiger partial charge in [-0.25, -0.2) is 9.67 Å². The Bertz CT molecular complexity index is 1160. The van der Waals surface area contributed by atoms with Gasteiger partial charge in [0, 0.05) is 19.2 Å². The van der Waals surface area contributed by atoms with Gasteiger partial charge < -0.3 is 24.1 Å². The highest BCUT2D eigenvalue weighted by Gasteiger charge is 2.29. The number of nitrogens with one attached hydrogen (secondary N) is 1. The molecule has 2 aliphatic heterocycles. The summed E-state index contributed by atoms with van der Waals surface area (Å²) in [4.78, 5) is 17.4. The van der Waals surface area contributed by atoms with Gasteiger partial charge in [0.2, 0.25) is 0 Å². The molecule has 1 aromatic carbocycles. The molecular formula is C23H26ClN5O4. The van der Waals surface area contributed by atoms with Gasteiger partial charge in [-0.2, -0.15) is 5.10 Å². The number of fused-ring (bicyclic) bond motifs is 2. The number of hydrogen-bond donors (Lipinski definition) is 1. The lowest BCUT2D eigenvalue weighted by molar-refractivity contribution is 0.0684. The van der Waals surface area contributed by atoms with E-state index in [0.29, 0.717) is 48.6 Å². The van der Waals surface area contributed by atoms with Crippen molar-refractivity contribution < 1.29 is 19.0 Å². The van der Waals surface area contributed by atoms with Crippen LogP contribution in [0, 0.1) is 0 Å². The van der Waals surface area contributed by atoms with E-state index in [-0.39, 0.29) is 11.9 Å². The van der Waals surface area contributed by atoms with Crippen LogP contribution in [0.15, 0.2) is 30.7 Å². The van der Waals surface area contributed by atoms with Gasteiger partial charge >= 0.3 is 0 Å². The Balaban J connectivity index is 1.38. The minimum atomic E-state index is -0.323. The summed E-state index contributed by atoms with van der Waals surface area (Å²) in [5.74, 6) is 0.369. The summed E-state index contributed by atoms with van der Waals surface area (Å²) >= 11 is 6.63. The van der Waals surface area contributed by atoms with Gasteiger partial charge in [0.05, 0.1) is 55.5 Å². The molecule has 0 aliphatic carbocycles. The highest BCUT2D eigenvalue weighted by molar-refractivity contribution is 6.33. The Morgan fingerprint density at radius 3 is 3.09 bits per heavy atom. The molecule has 4 heterocycles. The fourth-order valence-corrected chi connectivity index (χ4v) is 4.64. The first-order valence-electron chi connectivity index (χ1n) is 11.1. The maximum atomic E-state index is 13.0. The third kappa shape index (κ3) is 4.23. The molecule has 10 heteroatoms. The average Bonchev–Trinajstić information content (AvgIpc) is 3.45. The maximum absolute atomic E-state index is 13.0. The number of hydrogen-bond acceptors (Lipinski definition) is 6. The zero-order chi connectivity index (χ0) is 22.8. The van der Waals surface area contributed by atoms with Crippen molar-refractivity contribution in [3.05, 3.63) is 58.4 Å². The molecule has 1 amide bonds.